The van der Waals surface area contributed by atoms with Crippen molar-refractivity contribution >= 4 is 17.3 Å². The van der Waals surface area contributed by atoms with Crippen LogP contribution in [0.1, 0.15) is 64.0 Å². The maximum atomic E-state index is 13.2. The minimum Gasteiger partial charge on any atom is -0.382 e. The van der Waals surface area contributed by atoms with Gasteiger partial charge in [-0.3, -0.25) is 4.79 Å². The lowest BCUT2D eigenvalue weighted by molar-refractivity contribution is -0.119. The van der Waals surface area contributed by atoms with E-state index in [4.69, 9.17) is 0 Å². The van der Waals surface area contributed by atoms with Crippen LogP contribution >= 0.6 is 0 Å². The van der Waals surface area contributed by atoms with Gasteiger partial charge in [0.2, 0.25) is 5.91 Å². The lowest BCUT2D eigenvalue weighted by atomic mass is 9.91. The van der Waals surface area contributed by atoms with Crippen LogP contribution in [-0.4, -0.2) is 11.9 Å². The molecule has 1 heterocycles. The van der Waals surface area contributed by atoms with Crippen LogP contribution < -0.4 is 10.2 Å². The molecule has 0 fully saturated rings. The predicted octanol–water partition coefficient (Wildman–Crippen LogP) is 5.94. The number of unbranched alkanes of at least 4 members (excludes halogenated alkanes) is 3. The Hall–Kier alpha value is -2.29. The highest BCUT2D eigenvalue weighted by Crippen LogP contribution is 2.39. The summed E-state index contributed by atoms with van der Waals surface area (Å²) in [7, 11) is 0. The molecule has 26 heavy (non-hydrogen) atoms. The maximum absolute atomic E-state index is 13.2. The fourth-order valence-corrected chi connectivity index (χ4v) is 3.86. The Labute approximate surface area is 157 Å². The zero-order valence-electron chi connectivity index (χ0n) is 15.9. The monoisotopic (exact) mass is 350 g/mol. The van der Waals surface area contributed by atoms with Gasteiger partial charge in [-0.25, -0.2) is 0 Å². The normalized spacial score (nSPS) is 18.7. The number of anilines is 2. The molecule has 0 aromatic heterocycles. The van der Waals surface area contributed by atoms with Crippen molar-refractivity contribution in [2.45, 2.75) is 64.5 Å². The summed E-state index contributed by atoms with van der Waals surface area (Å²) < 4.78 is 0. The van der Waals surface area contributed by atoms with Gasteiger partial charge >= 0.3 is 0 Å². The number of amides is 1. The summed E-state index contributed by atoms with van der Waals surface area (Å²) >= 11 is 0. The highest BCUT2D eigenvalue weighted by molar-refractivity contribution is 5.94. The first-order valence-corrected chi connectivity index (χ1v) is 9.93. The average Bonchev–Trinajstić information content (AvgIpc) is 2.66. The van der Waals surface area contributed by atoms with Gasteiger partial charge in [0.1, 0.15) is 0 Å². The zero-order valence-corrected chi connectivity index (χ0v) is 15.9. The molecule has 138 valence electrons. The van der Waals surface area contributed by atoms with E-state index in [-0.39, 0.29) is 11.9 Å². The third-order valence-electron chi connectivity index (χ3n) is 5.16. The van der Waals surface area contributed by atoms with Crippen molar-refractivity contribution < 1.29 is 4.79 Å². The Balaban J connectivity index is 1.90. The molecule has 2 aromatic carbocycles. The van der Waals surface area contributed by atoms with Crippen molar-refractivity contribution in [1.29, 1.82) is 0 Å². The fraction of sp³-hybridized carbons (Fsp3) is 0.435. The van der Waals surface area contributed by atoms with E-state index in [9.17, 15) is 4.79 Å². The molecule has 2 aromatic rings. The summed E-state index contributed by atoms with van der Waals surface area (Å²) in [5.74, 6) is 0.237. The van der Waals surface area contributed by atoms with Gasteiger partial charge in [-0.05, 0) is 43.5 Å². The molecule has 1 aliphatic heterocycles. The summed E-state index contributed by atoms with van der Waals surface area (Å²) in [6, 6.07) is 19.0. The van der Waals surface area contributed by atoms with Crippen LogP contribution in [0.4, 0.5) is 11.4 Å². The van der Waals surface area contributed by atoms with Gasteiger partial charge < -0.3 is 10.2 Å². The van der Waals surface area contributed by atoms with E-state index < -0.39 is 0 Å². The molecular weight excluding hydrogens is 320 g/mol. The molecule has 0 saturated carbocycles. The average molecular weight is 351 g/mol. The Morgan fingerprint density at radius 2 is 1.77 bits per heavy atom. The lowest BCUT2D eigenvalue weighted by Crippen LogP contribution is -2.40. The highest BCUT2D eigenvalue weighted by Gasteiger charge is 2.32. The van der Waals surface area contributed by atoms with Crippen LogP contribution in [0.3, 0.4) is 0 Å². The Morgan fingerprint density at radius 1 is 1.04 bits per heavy atom. The largest absolute Gasteiger partial charge is 0.382 e. The number of nitrogens with one attached hydrogen (secondary N) is 1. The second-order valence-electron chi connectivity index (χ2n) is 7.29. The lowest BCUT2D eigenvalue weighted by Gasteiger charge is -2.39. The van der Waals surface area contributed by atoms with E-state index in [0.29, 0.717) is 12.5 Å². The predicted molar refractivity (Wildman–Crippen MR) is 110 cm³/mol. The minimum absolute atomic E-state index is 0.0866. The first kappa shape index (κ1) is 18.5. The quantitative estimate of drug-likeness (QED) is 0.627. The Bertz CT molecular complexity index is 713. The number of hydrogen-bond donors (Lipinski definition) is 1. The van der Waals surface area contributed by atoms with Crippen molar-refractivity contribution in [2.24, 2.45) is 0 Å². The molecule has 3 rings (SSSR count). The Kier molecular flexibility index (Phi) is 6.32. The smallest absolute Gasteiger partial charge is 0.227 e. The Morgan fingerprint density at radius 3 is 2.54 bits per heavy atom. The summed E-state index contributed by atoms with van der Waals surface area (Å²) in [5, 5.41) is 3.56. The van der Waals surface area contributed by atoms with Crippen molar-refractivity contribution in [3.8, 4) is 0 Å². The highest BCUT2D eigenvalue weighted by atomic mass is 16.2. The van der Waals surface area contributed by atoms with Gasteiger partial charge in [0.25, 0.3) is 0 Å². The number of carbonyl (C=O) groups is 1. The van der Waals surface area contributed by atoms with Crippen LogP contribution in [0.25, 0.3) is 0 Å². The molecule has 2 atom stereocenters. The number of para-hydroxylation sites is 2. The molecule has 0 bridgehead atoms. The molecule has 0 unspecified atom stereocenters. The van der Waals surface area contributed by atoms with Gasteiger partial charge in [0, 0.05) is 23.8 Å². The van der Waals surface area contributed by atoms with Crippen LogP contribution in [0.2, 0.25) is 0 Å². The van der Waals surface area contributed by atoms with Crippen molar-refractivity contribution in [3.63, 3.8) is 0 Å². The van der Waals surface area contributed by atoms with Crippen LogP contribution in [0.15, 0.2) is 54.6 Å². The van der Waals surface area contributed by atoms with Crippen molar-refractivity contribution in [2.75, 3.05) is 10.2 Å². The molecule has 0 aliphatic carbocycles. The molecule has 0 radical (unpaired) electrons. The molecule has 1 amide bonds. The number of fused-ring (bicyclic) bond motifs is 1. The zero-order chi connectivity index (χ0) is 18.4. The third kappa shape index (κ3) is 4.27. The van der Waals surface area contributed by atoms with Gasteiger partial charge in [-0.1, -0.05) is 62.6 Å². The van der Waals surface area contributed by atoms with Gasteiger partial charge in [-0.2, -0.15) is 0 Å². The standard InChI is InChI=1S/C23H30N2O/c1-3-4-5-9-16-23(26)25(19-12-7-6-8-13-19)22-17-18(2)24-21-15-11-10-14-20(21)22/h6-8,10-15,18,22,24H,3-5,9,16-17H2,1-2H3/t18-,22+/m0/s1. The molecule has 3 heteroatoms. The van der Waals surface area contributed by atoms with E-state index in [2.05, 4.69) is 55.6 Å². The summed E-state index contributed by atoms with van der Waals surface area (Å²) in [5.41, 5.74) is 3.37. The number of nitrogens with zero attached hydrogens (tertiary/aromatic N) is 1. The molecule has 1 N–H and O–H groups in total. The van der Waals surface area contributed by atoms with E-state index in [0.717, 1.165) is 30.6 Å². The van der Waals surface area contributed by atoms with Gasteiger partial charge in [0.15, 0.2) is 0 Å². The SMILES string of the molecule is CCCCCCC(=O)N(c1ccccc1)[C@@H]1C[C@H](C)Nc2ccccc21. The molecule has 0 spiro atoms. The van der Waals surface area contributed by atoms with Crippen molar-refractivity contribution in [3.05, 3.63) is 60.2 Å². The third-order valence-corrected chi connectivity index (χ3v) is 5.16. The summed E-state index contributed by atoms with van der Waals surface area (Å²) in [4.78, 5) is 15.3. The number of benzene rings is 2. The summed E-state index contributed by atoms with van der Waals surface area (Å²) in [6.07, 6.45) is 6.03. The van der Waals surface area contributed by atoms with Crippen LogP contribution in [0, 0.1) is 0 Å². The second kappa shape index (κ2) is 8.88. The van der Waals surface area contributed by atoms with E-state index >= 15 is 0 Å². The van der Waals surface area contributed by atoms with Crippen LogP contribution in [-0.2, 0) is 4.79 Å². The number of rotatable bonds is 7. The first-order valence-electron chi connectivity index (χ1n) is 9.93. The number of hydrogen-bond acceptors (Lipinski definition) is 2. The molecule has 0 saturated heterocycles. The fourth-order valence-electron chi connectivity index (χ4n) is 3.86. The second-order valence-corrected chi connectivity index (χ2v) is 7.29. The topological polar surface area (TPSA) is 32.3 Å². The first-order chi connectivity index (χ1) is 12.7. The van der Waals surface area contributed by atoms with E-state index in [1.54, 1.807) is 0 Å². The molecule has 1 aliphatic rings. The van der Waals surface area contributed by atoms with E-state index in [1.807, 2.05) is 23.1 Å². The van der Waals surface area contributed by atoms with Gasteiger partial charge in [-0.15, -0.1) is 0 Å². The molecular formula is C23H30N2O. The van der Waals surface area contributed by atoms with Crippen molar-refractivity contribution in [1.82, 2.24) is 0 Å². The van der Waals surface area contributed by atoms with E-state index in [1.165, 1.54) is 18.4 Å². The minimum atomic E-state index is 0.0866. The maximum Gasteiger partial charge on any atom is 0.227 e. The summed E-state index contributed by atoms with van der Waals surface area (Å²) in [6.45, 7) is 4.39. The van der Waals surface area contributed by atoms with Gasteiger partial charge in [0.05, 0.1) is 6.04 Å². The van der Waals surface area contributed by atoms with Crippen LogP contribution in [0.5, 0.6) is 0 Å². The number of carbonyl (C=O) groups excluding carboxylic acids is 1. The molecule has 3 nitrogen and oxygen atoms in total.